The fourth-order valence-electron chi connectivity index (χ4n) is 4.72. The highest BCUT2D eigenvalue weighted by Gasteiger charge is 2.29. The van der Waals surface area contributed by atoms with Gasteiger partial charge in [-0.2, -0.15) is 0 Å². The number of carbonyl (C=O) groups is 2. The Hall–Kier alpha value is -3.98. The fraction of sp³-hybridized carbons (Fsp3) is 0.424. The Bertz CT molecular complexity index is 1350. The fourth-order valence-corrected chi connectivity index (χ4v) is 4.82. The molecule has 43 heavy (non-hydrogen) atoms. The van der Waals surface area contributed by atoms with Crippen LogP contribution in [0.4, 0.5) is 26.7 Å². The average Bonchev–Trinajstić information content (AvgIpc) is 3.39. The predicted molar refractivity (Wildman–Crippen MR) is 178 cm³/mol. The van der Waals surface area contributed by atoms with Gasteiger partial charge in [0.15, 0.2) is 0 Å². The summed E-state index contributed by atoms with van der Waals surface area (Å²) in [6.07, 6.45) is 5.05. The van der Waals surface area contributed by atoms with Gasteiger partial charge in [0.1, 0.15) is 17.6 Å². The lowest BCUT2D eigenvalue weighted by Gasteiger charge is -2.22. The second kappa shape index (κ2) is 15.5. The van der Waals surface area contributed by atoms with Crippen LogP contribution in [-0.2, 0) is 17.6 Å². The van der Waals surface area contributed by atoms with Crippen molar-refractivity contribution < 1.29 is 14.3 Å². The molecule has 2 aromatic rings. The maximum Gasteiger partial charge on any atom is 0.407 e. The van der Waals surface area contributed by atoms with E-state index < -0.39 is 11.7 Å². The molecular weight excluding hydrogens is 564 g/mol. The Kier molecular flexibility index (Phi) is 12.1. The van der Waals surface area contributed by atoms with E-state index in [-0.39, 0.29) is 18.2 Å². The summed E-state index contributed by atoms with van der Waals surface area (Å²) in [5.41, 5.74) is 4.14. The summed E-state index contributed by atoms with van der Waals surface area (Å²) in [5.74, 6) is 0.558. The molecule has 232 valence electrons. The standard InChI is InChI=1S/C30H39ClN6O3.C3H6/c1-6-25(31)27-33-19(2)32-22-9-7-8-20(16-22)10-11-21-17-23(34-27)12-13-26(21)36-28(38)37-15-14-24(18-37)35-29(39)40-30(3,4)5;1-3-2/h6-9,12-13,16-17,19,24,32H,10-11,14-15,18H2,1-5H3,(H,33,34)(H,35,39)(H,36,38);3H,1H2,2H3/b25-6+;. The van der Waals surface area contributed by atoms with E-state index in [0.29, 0.717) is 30.4 Å². The normalized spacial score (nSPS) is 19.7. The summed E-state index contributed by atoms with van der Waals surface area (Å²) >= 11 is 6.50. The van der Waals surface area contributed by atoms with Crippen LogP contribution in [0.5, 0.6) is 0 Å². The third-order valence-electron chi connectivity index (χ3n) is 6.59. The summed E-state index contributed by atoms with van der Waals surface area (Å²) in [4.78, 5) is 31.9. The number of amides is 3. The molecule has 4 bridgehead atoms. The number of aryl methyl sites for hydroxylation is 2. The summed E-state index contributed by atoms with van der Waals surface area (Å²) in [6.45, 7) is 15.5. The zero-order valence-electron chi connectivity index (χ0n) is 26.1. The molecule has 0 aromatic heterocycles. The number of urea groups is 1. The van der Waals surface area contributed by atoms with Crippen LogP contribution >= 0.6 is 11.6 Å². The number of nitrogens with zero attached hydrogens (tertiary/aromatic N) is 2. The maximum atomic E-state index is 13.2. The number of anilines is 3. The lowest BCUT2D eigenvalue weighted by atomic mass is 10.0. The molecule has 2 aliphatic heterocycles. The van der Waals surface area contributed by atoms with Gasteiger partial charge in [-0.3, -0.25) is 0 Å². The molecule has 2 aliphatic rings. The molecule has 2 atom stereocenters. The van der Waals surface area contributed by atoms with Gasteiger partial charge < -0.3 is 30.9 Å². The number of likely N-dealkylation sites (tertiary alicyclic amines) is 1. The molecule has 2 unspecified atom stereocenters. The highest BCUT2D eigenvalue weighted by atomic mass is 35.5. The van der Waals surface area contributed by atoms with Crippen LogP contribution < -0.4 is 21.3 Å². The SMILES string of the molecule is C/C=C(Cl)\C1=N/C(C)Nc2cccc(c2)CCc2cc(ccc2NC(=O)N2CCC(NC(=O)OC(C)(C)C)C2)N1.C=CC. The number of alkyl carbamates (subject to hydrolysis) is 1. The number of hydrogen-bond acceptors (Lipinski definition) is 6. The van der Waals surface area contributed by atoms with Gasteiger partial charge in [0.05, 0.1) is 11.1 Å². The highest BCUT2D eigenvalue weighted by molar-refractivity contribution is 6.45. The number of rotatable bonds is 3. The van der Waals surface area contributed by atoms with Gasteiger partial charge in [0.2, 0.25) is 0 Å². The number of allylic oxidation sites excluding steroid dienone is 2. The van der Waals surface area contributed by atoms with Crippen molar-refractivity contribution in [1.29, 1.82) is 0 Å². The molecule has 0 spiro atoms. The Balaban J connectivity index is 0.00000162. The molecular formula is C33H45ClN6O3. The number of nitrogens with one attached hydrogen (secondary N) is 4. The van der Waals surface area contributed by atoms with Crippen LogP contribution in [0, 0.1) is 0 Å². The molecule has 3 amide bonds. The van der Waals surface area contributed by atoms with Crippen LogP contribution in [0.1, 0.15) is 59.1 Å². The first-order valence-electron chi connectivity index (χ1n) is 14.7. The van der Waals surface area contributed by atoms with Gasteiger partial charge in [-0.1, -0.05) is 35.9 Å². The van der Waals surface area contributed by atoms with Crippen molar-refractivity contribution in [2.24, 2.45) is 4.99 Å². The van der Waals surface area contributed by atoms with E-state index in [2.05, 4.69) is 40.0 Å². The molecule has 2 heterocycles. The minimum Gasteiger partial charge on any atom is -0.444 e. The van der Waals surface area contributed by atoms with Crippen molar-refractivity contribution in [3.8, 4) is 0 Å². The van der Waals surface area contributed by atoms with E-state index in [9.17, 15) is 9.59 Å². The van der Waals surface area contributed by atoms with Crippen molar-refractivity contribution in [2.75, 3.05) is 29.0 Å². The van der Waals surface area contributed by atoms with Crippen molar-refractivity contribution in [3.63, 3.8) is 0 Å². The molecule has 0 aliphatic carbocycles. The van der Waals surface area contributed by atoms with E-state index >= 15 is 0 Å². The molecule has 9 nitrogen and oxygen atoms in total. The predicted octanol–water partition coefficient (Wildman–Crippen LogP) is 7.52. The first-order valence-corrected chi connectivity index (χ1v) is 15.1. The maximum absolute atomic E-state index is 13.2. The van der Waals surface area contributed by atoms with Crippen molar-refractivity contribution in [1.82, 2.24) is 10.2 Å². The first-order chi connectivity index (χ1) is 20.4. The zero-order chi connectivity index (χ0) is 31.6. The molecule has 0 saturated carbocycles. The van der Waals surface area contributed by atoms with Crippen LogP contribution in [0.15, 0.2) is 71.2 Å². The lowest BCUT2D eigenvalue weighted by molar-refractivity contribution is 0.0506. The summed E-state index contributed by atoms with van der Waals surface area (Å²) in [5, 5.41) is 13.3. The third kappa shape index (κ3) is 10.7. The van der Waals surface area contributed by atoms with Crippen molar-refractivity contribution in [2.45, 2.75) is 78.6 Å². The van der Waals surface area contributed by atoms with Gasteiger partial charge in [-0.25, -0.2) is 14.6 Å². The van der Waals surface area contributed by atoms with Crippen LogP contribution in [0.2, 0.25) is 0 Å². The number of halogens is 1. The number of benzene rings is 2. The molecule has 1 saturated heterocycles. The Morgan fingerprint density at radius 1 is 1.14 bits per heavy atom. The number of fused-ring (bicyclic) bond motifs is 4. The number of ether oxygens (including phenoxy) is 1. The van der Waals surface area contributed by atoms with Gasteiger partial charge in [-0.05, 0) is 102 Å². The third-order valence-corrected chi connectivity index (χ3v) is 6.99. The molecule has 1 fully saturated rings. The van der Waals surface area contributed by atoms with Crippen LogP contribution in [0.25, 0.3) is 0 Å². The Morgan fingerprint density at radius 2 is 1.88 bits per heavy atom. The summed E-state index contributed by atoms with van der Waals surface area (Å²) in [7, 11) is 0. The second-order valence-electron chi connectivity index (χ2n) is 11.5. The second-order valence-corrected chi connectivity index (χ2v) is 12.0. The topological polar surface area (TPSA) is 107 Å². The highest BCUT2D eigenvalue weighted by Crippen LogP contribution is 2.26. The monoisotopic (exact) mass is 608 g/mol. The number of amidine groups is 1. The number of hydrogen-bond donors (Lipinski definition) is 4. The number of aliphatic imine (C=N–C) groups is 1. The van der Waals surface area contributed by atoms with Gasteiger partial charge in [0, 0.05) is 30.2 Å². The first kappa shape index (κ1) is 33.5. The molecule has 4 N–H and O–H groups in total. The van der Waals surface area contributed by atoms with Crippen molar-refractivity contribution >= 4 is 46.6 Å². The van der Waals surface area contributed by atoms with Crippen LogP contribution in [-0.4, -0.2) is 53.8 Å². The van der Waals surface area contributed by atoms with Crippen molar-refractivity contribution in [3.05, 3.63) is 77.4 Å². The quantitative estimate of drug-likeness (QED) is 0.270. The van der Waals surface area contributed by atoms with Gasteiger partial charge in [0.25, 0.3) is 0 Å². The number of carbonyl (C=O) groups excluding carboxylic acids is 2. The molecule has 0 radical (unpaired) electrons. The zero-order valence-corrected chi connectivity index (χ0v) is 26.8. The van der Waals surface area contributed by atoms with E-state index in [1.54, 1.807) is 17.1 Å². The van der Waals surface area contributed by atoms with E-state index in [1.807, 2.05) is 71.9 Å². The van der Waals surface area contributed by atoms with Gasteiger partial charge >= 0.3 is 12.1 Å². The smallest absolute Gasteiger partial charge is 0.407 e. The summed E-state index contributed by atoms with van der Waals surface area (Å²) < 4.78 is 5.36. The van der Waals surface area contributed by atoms with Crippen LogP contribution in [0.3, 0.4) is 0 Å². The Labute approximate surface area is 260 Å². The summed E-state index contributed by atoms with van der Waals surface area (Å²) in [6, 6.07) is 13.8. The van der Waals surface area contributed by atoms with E-state index in [1.165, 1.54) is 5.56 Å². The minimum absolute atomic E-state index is 0.154. The molecule has 2 aromatic carbocycles. The Morgan fingerprint density at radius 3 is 2.58 bits per heavy atom. The minimum atomic E-state index is -0.574. The lowest BCUT2D eigenvalue weighted by Crippen LogP contribution is -2.42. The molecule has 4 rings (SSSR count). The largest absolute Gasteiger partial charge is 0.444 e. The van der Waals surface area contributed by atoms with Gasteiger partial charge in [-0.15, -0.1) is 6.58 Å². The van der Waals surface area contributed by atoms with E-state index in [0.717, 1.165) is 35.5 Å². The average molecular weight is 609 g/mol. The molecule has 10 heteroatoms. The van der Waals surface area contributed by atoms with E-state index in [4.69, 9.17) is 21.3 Å².